The molecule has 0 saturated carbocycles. The molecular formula is C10H16N2. The summed E-state index contributed by atoms with van der Waals surface area (Å²) < 4.78 is 0. The Morgan fingerprint density at radius 3 is 2.58 bits per heavy atom. The Balaban J connectivity index is 2.59. The van der Waals surface area contributed by atoms with Crippen molar-refractivity contribution in [2.24, 2.45) is 0 Å². The molecule has 0 aromatic carbocycles. The van der Waals surface area contributed by atoms with Gasteiger partial charge < -0.3 is 5.32 Å². The normalized spacial score (nSPS) is 13.3. The molecule has 1 aromatic rings. The average Bonchev–Trinajstić information content (AvgIpc) is 2.05. The van der Waals surface area contributed by atoms with Crippen molar-refractivity contribution < 1.29 is 0 Å². The molecule has 1 rings (SSSR count). The van der Waals surface area contributed by atoms with Crippen molar-refractivity contribution in [3.05, 3.63) is 30.1 Å². The number of nitrogens with one attached hydrogen (secondary N) is 1. The van der Waals surface area contributed by atoms with Gasteiger partial charge in [-0.1, -0.05) is 19.9 Å². The molecule has 1 atom stereocenters. The Hall–Kier alpha value is -0.890. The van der Waals surface area contributed by atoms with Crippen molar-refractivity contribution in [3.63, 3.8) is 0 Å². The van der Waals surface area contributed by atoms with Crippen LogP contribution in [-0.2, 0) is 0 Å². The molecule has 2 heteroatoms. The second-order valence-corrected chi connectivity index (χ2v) is 3.33. The first-order valence-corrected chi connectivity index (χ1v) is 4.36. The maximum absolute atomic E-state index is 4.07. The zero-order chi connectivity index (χ0) is 8.97. The van der Waals surface area contributed by atoms with Gasteiger partial charge in [0.15, 0.2) is 0 Å². The SMILES string of the molecule is CC(C)N[C@H](C)c1cccnc1. The first kappa shape index (κ1) is 9.20. The molecule has 0 aliphatic heterocycles. The van der Waals surface area contributed by atoms with Crippen LogP contribution < -0.4 is 5.32 Å². The summed E-state index contributed by atoms with van der Waals surface area (Å²) in [7, 11) is 0. The van der Waals surface area contributed by atoms with E-state index in [1.807, 2.05) is 12.3 Å². The van der Waals surface area contributed by atoms with Gasteiger partial charge in [-0.3, -0.25) is 4.98 Å². The number of aromatic nitrogens is 1. The number of hydrogen-bond donors (Lipinski definition) is 1. The molecule has 12 heavy (non-hydrogen) atoms. The minimum Gasteiger partial charge on any atom is -0.308 e. The van der Waals surface area contributed by atoms with Crippen LogP contribution in [0.15, 0.2) is 24.5 Å². The second-order valence-electron chi connectivity index (χ2n) is 3.33. The van der Waals surface area contributed by atoms with Gasteiger partial charge in [-0.15, -0.1) is 0 Å². The molecule has 1 heterocycles. The molecule has 2 nitrogen and oxygen atoms in total. The van der Waals surface area contributed by atoms with Gasteiger partial charge in [0.1, 0.15) is 0 Å². The van der Waals surface area contributed by atoms with E-state index in [9.17, 15) is 0 Å². The van der Waals surface area contributed by atoms with E-state index in [0.717, 1.165) is 0 Å². The van der Waals surface area contributed by atoms with Crippen LogP contribution in [0.25, 0.3) is 0 Å². The highest BCUT2D eigenvalue weighted by Crippen LogP contribution is 2.09. The first-order valence-electron chi connectivity index (χ1n) is 4.36. The minimum atomic E-state index is 0.388. The molecule has 0 amide bonds. The number of pyridine rings is 1. The fourth-order valence-corrected chi connectivity index (χ4v) is 1.23. The molecule has 0 saturated heterocycles. The fourth-order valence-electron chi connectivity index (χ4n) is 1.23. The number of hydrogen-bond acceptors (Lipinski definition) is 2. The van der Waals surface area contributed by atoms with Gasteiger partial charge in [0.25, 0.3) is 0 Å². The van der Waals surface area contributed by atoms with Crippen molar-refractivity contribution in [1.29, 1.82) is 0 Å². The molecule has 0 bridgehead atoms. The molecule has 0 radical (unpaired) electrons. The Morgan fingerprint density at radius 1 is 1.33 bits per heavy atom. The maximum Gasteiger partial charge on any atom is 0.0315 e. The van der Waals surface area contributed by atoms with Gasteiger partial charge in [-0.25, -0.2) is 0 Å². The first-order chi connectivity index (χ1) is 5.70. The highest BCUT2D eigenvalue weighted by molar-refractivity contribution is 5.12. The summed E-state index contributed by atoms with van der Waals surface area (Å²) in [6, 6.07) is 4.96. The van der Waals surface area contributed by atoms with Crippen molar-refractivity contribution in [1.82, 2.24) is 10.3 Å². The standard InChI is InChI=1S/C10H16N2/c1-8(2)12-9(3)10-5-4-6-11-7-10/h4-9,12H,1-3H3/t9-/m1/s1. The topological polar surface area (TPSA) is 24.9 Å². The predicted molar refractivity (Wildman–Crippen MR) is 50.9 cm³/mol. The van der Waals surface area contributed by atoms with Crippen LogP contribution in [0.2, 0.25) is 0 Å². The van der Waals surface area contributed by atoms with Crippen LogP contribution in [0.5, 0.6) is 0 Å². The van der Waals surface area contributed by atoms with E-state index in [0.29, 0.717) is 12.1 Å². The third-order valence-electron chi connectivity index (χ3n) is 1.77. The zero-order valence-corrected chi connectivity index (χ0v) is 7.91. The lowest BCUT2D eigenvalue weighted by Crippen LogP contribution is -2.25. The quantitative estimate of drug-likeness (QED) is 0.740. The Kier molecular flexibility index (Phi) is 3.23. The van der Waals surface area contributed by atoms with Crippen LogP contribution in [-0.4, -0.2) is 11.0 Å². The van der Waals surface area contributed by atoms with Crippen molar-refractivity contribution >= 4 is 0 Å². The van der Waals surface area contributed by atoms with Crippen LogP contribution in [0.1, 0.15) is 32.4 Å². The van der Waals surface area contributed by atoms with E-state index in [1.165, 1.54) is 5.56 Å². The largest absolute Gasteiger partial charge is 0.308 e. The monoisotopic (exact) mass is 164 g/mol. The molecule has 0 fully saturated rings. The molecule has 0 aliphatic rings. The lowest BCUT2D eigenvalue weighted by Gasteiger charge is -2.16. The van der Waals surface area contributed by atoms with Gasteiger partial charge in [-0.05, 0) is 18.6 Å². The molecule has 1 N–H and O–H groups in total. The van der Waals surface area contributed by atoms with Crippen molar-refractivity contribution in [2.75, 3.05) is 0 Å². The summed E-state index contributed by atoms with van der Waals surface area (Å²) in [6.45, 7) is 6.44. The van der Waals surface area contributed by atoms with Crippen LogP contribution >= 0.6 is 0 Å². The number of rotatable bonds is 3. The second kappa shape index (κ2) is 4.21. The van der Waals surface area contributed by atoms with Gasteiger partial charge in [-0.2, -0.15) is 0 Å². The van der Waals surface area contributed by atoms with E-state index in [1.54, 1.807) is 6.20 Å². The fraction of sp³-hybridized carbons (Fsp3) is 0.500. The van der Waals surface area contributed by atoms with Crippen LogP contribution in [0, 0.1) is 0 Å². The molecule has 0 spiro atoms. The Bertz CT molecular complexity index is 219. The van der Waals surface area contributed by atoms with Crippen LogP contribution in [0.4, 0.5) is 0 Å². The van der Waals surface area contributed by atoms with Crippen LogP contribution in [0.3, 0.4) is 0 Å². The van der Waals surface area contributed by atoms with Crippen molar-refractivity contribution in [3.8, 4) is 0 Å². The van der Waals surface area contributed by atoms with E-state index >= 15 is 0 Å². The summed E-state index contributed by atoms with van der Waals surface area (Å²) in [5, 5.41) is 3.42. The Morgan fingerprint density at radius 2 is 2.08 bits per heavy atom. The van der Waals surface area contributed by atoms with E-state index in [-0.39, 0.29) is 0 Å². The summed E-state index contributed by atoms with van der Waals surface area (Å²) >= 11 is 0. The molecular weight excluding hydrogens is 148 g/mol. The minimum absolute atomic E-state index is 0.388. The number of nitrogens with zero attached hydrogens (tertiary/aromatic N) is 1. The molecule has 66 valence electrons. The van der Waals surface area contributed by atoms with E-state index in [2.05, 4.69) is 37.1 Å². The third kappa shape index (κ3) is 2.62. The average molecular weight is 164 g/mol. The van der Waals surface area contributed by atoms with E-state index < -0.39 is 0 Å². The summed E-state index contributed by atoms with van der Waals surface area (Å²) in [5.41, 5.74) is 1.24. The van der Waals surface area contributed by atoms with Gasteiger partial charge in [0.05, 0.1) is 0 Å². The highest BCUT2D eigenvalue weighted by atomic mass is 14.9. The lowest BCUT2D eigenvalue weighted by atomic mass is 10.1. The summed E-state index contributed by atoms with van der Waals surface area (Å²) in [4.78, 5) is 4.07. The Labute approximate surface area is 74.0 Å². The third-order valence-corrected chi connectivity index (χ3v) is 1.77. The van der Waals surface area contributed by atoms with Crippen molar-refractivity contribution in [2.45, 2.75) is 32.9 Å². The molecule has 1 aromatic heterocycles. The predicted octanol–water partition coefficient (Wildman–Crippen LogP) is 2.14. The smallest absolute Gasteiger partial charge is 0.0315 e. The molecule has 0 aliphatic carbocycles. The van der Waals surface area contributed by atoms with Gasteiger partial charge in [0, 0.05) is 24.5 Å². The summed E-state index contributed by atoms with van der Waals surface area (Å²) in [6.07, 6.45) is 3.70. The zero-order valence-electron chi connectivity index (χ0n) is 7.91. The highest BCUT2D eigenvalue weighted by Gasteiger charge is 2.04. The van der Waals surface area contributed by atoms with Gasteiger partial charge in [0.2, 0.25) is 0 Å². The maximum atomic E-state index is 4.07. The summed E-state index contributed by atoms with van der Waals surface area (Å²) in [5.74, 6) is 0. The van der Waals surface area contributed by atoms with Gasteiger partial charge >= 0.3 is 0 Å². The van der Waals surface area contributed by atoms with E-state index in [4.69, 9.17) is 0 Å². The lowest BCUT2D eigenvalue weighted by molar-refractivity contribution is 0.505. The molecule has 0 unspecified atom stereocenters.